The van der Waals surface area contributed by atoms with Crippen molar-refractivity contribution in [3.63, 3.8) is 0 Å². The first-order chi connectivity index (χ1) is 9.67. The van der Waals surface area contributed by atoms with Crippen molar-refractivity contribution >= 4 is 29.4 Å². The van der Waals surface area contributed by atoms with Crippen LogP contribution in [0.4, 0.5) is 5.69 Å². The molecule has 0 heterocycles. The molecule has 5 heteroatoms. The maximum atomic E-state index is 11.7. The molecule has 0 atom stereocenters. The number of amides is 2. The molecule has 1 aromatic carbocycles. The lowest BCUT2D eigenvalue weighted by Crippen LogP contribution is -2.43. The van der Waals surface area contributed by atoms with Gasteiger partial charge < -0.3 is 10.6 Å². The summed E-state index contributed by atoms with van der Waals surface area (Å²) in [4.78, 5) is 34.1. The number of hydrogen-bond donors (Lipinski definition) is 2. The van der Waals surface area contributed by atoms with E-state index < -0.39 is 17.2 Å². The third-order valence-electron chi connectivity index (χ3n) is 2.37. The van der Waals surface area contributed by atoms with Gasteiger partial charge in [-0.1, -0.05) is 18.2 Å². The number of hydrogen-bond acceptors (Lipinski definition) is 3. The van der Waals surface area contributed by atoms with Crippen LogP contribution in [0.3, 0.4) is 0 Å². The number of rotatable bonds is 4. The van der Waals surface area contributed by atoms with E-state index in [1.807, 2.05) is 20.8 Å². The molecule has 5 nitrogen and oxygen atoms in total. The van der Waals surface area contributed by atoms with Crippen LogP contribution in [0.1, 0.15) is 33.3 Å². The van der Waals surface area contributed by atoms with E-state index in [1.165, 1.54) is 13.0 Å². The summed E-state index contributed by atoms with van der Waals surface area (Å²) >= 11 is 0. The van der Waals surface area contributed by atoms with Gasteiger partial charge in [0.25, 0.3) is 5.91 Å². The smallest absolute Gasteiger partial charge is 0.292 e. The Labute approximate surface area is 124 Å². The van der Waals surface area contributed by atoms with Gasteiger partial charge in [-0.3, -0.25) is 14.4 Å². The molecule has 0 aromatic heterocycles. The lowest BCUT2D eigenvalue weighted by molar-refractivity contribution is -0.136. The first-order valence-electron chi connectivity index (χ1n) is 6.59. The van der Waals surface area contributed by atoms with Crippen LogP contribution in [0.5, 0.6) is 0 Å². The number of anilines is 1. The minimum atomic E-state index is -0.631. The van der Waals surface area contributed by atoms with E-state index in [4.69, 9.17) is 0 Å². The molecule has 0 unspecified atom stereocenters. The van der Waals surface area contributed by atoms with E-state index in [2.05, 4.69) is 10.6 Å². The van der Waals surface area contributed by atoms with Gasteiger partial charge in [0.1, 0.15) is 0 Å². The average molecular weight is 288 g/mol. The Hall–Kier alpha value is -2.43. The van der Waals surface area contributed by atoms with Crippen LogP contribution in [0.15, 0.2) is 30.3 Å². The number of carbonyl (C=O) groups is 3. The quantitative estimate of drug-likeness (QED) is 0.658. The largest absolute Gasteiger partial charge is 0.345 e. The van der Waals surface area contributed by atoms with Crippen LogP contribution in [0.2, 0.25) is 0 Å². The van der Waals surface area contributed by atoms with Crippen LogP contribution in [0.25, 0.3) is 6.08 Å². The fraction of sp³-hybridized carbons (Fsp3) is 0.312. The van der Waals surface area contributed by atoms with E-state index in [0.717, 1.165) is 5.56 Å². The minimum Gasteiger partial charge on any atom is -0.345 e. The fourth-order valence-electron chi connectivity index (χ4n) is 1.53. The summed E-state index contributed by atoms with van der Waals surface area (Å²) in [5.74, 6) is -1.38. The topological polar surface area (TPSA) is 75.3 Å². The van der Waals surface area contributed by atoms with Crippen LogP contribution in [-0.4, -0.2) is 23.1 Å². The van der Waals surface area contributed by atoms with Gasteiger partial charge in [0, 0.05) is 18.2 Å². The van der Waals surface area contributed by atoms with Crippen molar-refractivity contribution in [2.45, 2.75) is 33.2 Å². The van der Waals surface area contributed by atoms with Crippen molar-refractivity contribution in [3.8, 4) is 0 Å². The number of carbonyl (C=O) groups excluding carboxylic acids is 3. The summed E-state index contributed by atoms with van der Waals surface area (Å²) < 4.78 is 0. The van der Waals surface area contributed by atoms with Gasteiger partial charge in [0.05, 0.1) is 0 Å². The predicted octanol–water partition coefficient (Wildman–Crippen LogP) is 2.14. The molecule has 2 N–H and O–H groups in total. The molecule has 0 radical (unpaired) electrons. The molecular weight excluding hydrogens is 268 g/mol. The maximum absolute atomic E-state index is 11.7. The van der Waals surface area contributed by atoms with Gasteiger partial charge in [0.15, 0.2) is 0 Å². The number of ketones is 1. The molecule has 0 saturated carbocycles. The normalized spacial score (nSPS) is 11.2. The standard InChI is InChI=1S/C16H20N2O3/c1-11(19)17-13-8-5-12(6-9-13)7-10-14(20)15(21)18-16(2,3)4/h5-10H,1-4H3,(H,17,19)(H,18,21)/b10-7+. The number of nitrogens with one attached hydrogen (secondary N) is 2. The van der Waals surface area contributed by atoms with Crippen molar-refractivity contribution < 1.29 is 14.4 Å². The lowest BCUT2D eigenvalue weighted by Gasteiger charge is -2.19. The molecule has 0 aliphatic carbocycles. The fourth-order valence-corrected chi connectivity index (χ4v) is 1.53. The van der Waals surface area contributed by atoms with Crippen molar-refractivity contribution in [2.75, 3.05) is 5.32 Å². The molecule has 1 aromatic rings. The summed E-state index contributed by atoms with van der Waals surface area (Å²) in [5.41, 5.74) is 0.998. The lowest BCUT2D eigenvalue weighted by atomic mass is 10.1. The Morgan fingerprint density at radius 2 is 1.62 bits per heavy atom. The van der Waals surface area contributed by atoms with E-state index >= 15 is 0 Å². The Bertz CT molecular complexity index is 566. The monoisotopic (exact) mass is 288 g/mol. The Morgan fingerprint density at radius 3 is 2.10 bits per heavy atom. The SMILES string of the molecule is CC(=O)Nc1ccc(/C=C/C(=O)C(=O)NC(C)(C)C)cc1. The molecule has 0 spiro atoms. The highest BCUT2D eigenvalue weighted by molar-refractivity contribution is 6.41. The van der Waals surface area contributed by atoms with E-state index in [-0.39, 0.29) is 5.91 Å². The Kier molecular flexibility index (Phi) is 5.41. The maximum Gasteiger partial charge on any atom is 0.292 e. The van der Waals surface area contributed by atoms with Crippen LogP contribution in [-0.2, 0) is 14.4 Å². The summed E-state index contributed by atoms with van der Waals surface area (Å²) in [7, 11) is 0. The summed E-state index contributed by atoms with van der Waals surface area (Å²) in [5, 5.41) is 5.25. The first-order valence-corrected chi connectivity index (χ1v) is 6.59. The van der Waals surface area contributed by atoms with E-state index in [9.17, 15) is 14.4 Å². The van der Waals surface area contributed by atoms with Crippen molar-refractivity contribution in [1.82, 2.24) is 5.32 Å². The summed E-state index contributed by atoms with van der Waals surface area (Å²) in [6.07, 6.45) is 2.79. The predicted molar refractivity (Wildman–Crippen MR) is 82.7 cm³/mol. The van der Waals surface area contributed by atoms with Gasteiger partial charge in [-0.05, 0) is 44.5 Å². The first kappa shape index (κ1) is 16.6. The highest BCUT2D eigenvalue weighted by Gasteiger charge is 2.17. The van der Waals surface area contributed by atoms with Gasteiger partial charge >= 0.3 is 0 Å². The van der Waals surface area contributed by atoms with E-state index in [1.54, 1.807) is 30.3 Å². The van der Waals surface area contributed by atoms with Gasteiger partial charge in [-0.2, -0.15) is 0 Å². The molecule has 1 rings (SSSR count). The molecule has 2 amide bonds. The van der Waals surface area contributed by atoms with Crippen LogP contribution in [0, 0.1) is 0 Å². The zero-order chi connectivity index (χ0) is 16.0. The zero-order valence-electron chi connectivity index (χ0n) is 12.7. The van der Waals surface area contributed by atoms with Crippen LogP contribution >= 0.6 is 0 Å². The molecule has 112 valence electrons. The molecule has 21 heavy (non-hydrogen) atoms. The Morgan fingerprint density at radius 1 is 1.05 bits per heavy atom. The van der Waals surface area contributed by atoms with Gasteiger partial charge in [-0.25, -0.2) is 0 Å². The average Bonchev–Trinajstić information content (AvgIpc) is 2.34. The van der Waals surface area contributed by atoms with Crippen LogP contribution < -0.4 is 10.6 Å². The van der Waals surface area contributed by atoms with Crippen molar-refractivity contribution in [3.05, 3.63) is 35.9 Å². The van der Waals surface area contributed by atoms with E-state index in [0.29, 0.717) is 5.69 Å². The third kappa shape index (κ3) is 6.51. The van der Waals surface area contributed by atoms with Gasteiger partial charge in [0.2, 0.25) is 11.7 Å². The molecule has 0 fully saturated rings. The minimum absolute atomic E-state index is 0.146. The van der Waals surface area contributed by atoms with Crippen molar-refractivity contribution in [2.24, 2.45) is 0 Å². The summed E-state index contributed by atoms with van der Waals surface area (Å²) in [6.45, 7) is 6.86. The highest BCUT2D eigenvalue weighted by atomic mass is 16.2. The molecule has 0 bridgehead atoms. The second-order valence-corrected chi connectivity index (χ2v) is 5.70. The number of benzene rings is 1. The molecule has 0 aliphatic heterocycles. The molecule has 0 saturated heterocycles. The van der Waals surface area contributed by atoms with Gasteiger partial charge in [-0.15, -0.1) is 0 Å². The second-order valence-electron chi connectivity index (χ2n) is 5.70. The second kappa shape index (κ2) is 6.83. The molecule has 0 aliphatic rings. The summed E-state index contributed by atoms with van der Waals surface area (Å²) in [6, 6.07) is 6.94. The molecular formula is C16H20N2O3. The van der Waals surface area contributed by atoms with Crippen molar-refractivity contribution in [1.29, 1.82) is 0 Å². The zero-order valence-corrected chi connectivity index (χ0v) is 12.7. The third-order valence-corrected chi connectivity index (χ3v) is 2.37. The highest BCUT2D eigenvalue weighted by Crippen LogP contribution is 2.10. The Balaban J connectivity index is 2.66.